The highest BCUT2D eigenvalue weighted by Gasteiger charge is 2.57. The molecule has 0 heterocycles. The van der Waals surface area contributed by atoms with Gasteiger partial charge >= 0.3 is 0 Å². The molecule has 2 N–H and O–H groups in total. The van der Waals surface area contributed by atoms with Gasteiger partial charge in [-0.3, -0.25) is 0 Å². The molecule has 1 atom stereocenters. The molecule has 0 saturated heterocycles. The van der Waals surface area contributed by atoms with Gasteiger partial charge in [-0.05, 0) is 63.2 Å². The summed E-state index contributed by atoms with van der Waals surface area (Å²) in [4.78, 5) is 0. The van der Waals surface area contributed by atoms with Gasteiger partial charge in [-0.15, -0.1) is 0 Å². The van der Waals surface area contributed by atoms with Crippen molar-refractivity contribution in [2.45, 2.75) is 56.2 Å². The van der Waals surface area contributed by atoms with Crippen molar-refractivity contribution in [2.24, 2.45) is 23.5 Å². The Kier molecular flexibility index (Phi) is 2.61. The number of sulfone groups is 1. The Balaban J connectivity index is 1.91. The van der Waals surface area contributed by atoms with Gasteiger partial charge in [-0.25, -0.2) is 8.42 Å². The van der Waals surface area contributed by atoms with E-state index in [4.69, 9.17) is 5.73 Å². The van der Waals surface area contributed by atoms with Crippen molar-refractivity contribution in [3.8, 4) is 0 Å². The molecule has 0 aliphatic heterocycles. The summed E-state index contributed by atoms with van der Waals surface area (Å²) in [7, 11) is -3.00. The van der Waals surface area contributed by atoms with E-state index >= 15 is 0 Å². The van der Waals surface area contributed by atoms with Crippen LogP contribution in [0.4, 0.5) is 0 Å². The van der Waals surface area contributed by atoms with Gasteiger partial charge in [0.25, 0.3) is 0 Å². The normalized spacial score (nSPS) is 46.1. The summed E-state index contributed by atoms with van der Waals surface area (Å²) in [5.74, 6) is 2.23. The first-order valence-corrected chi connectivity index (χ1v) is 8.53. The molecule has 0 amide bonds. The third-order valence-electron chi connectivity index (χ3n) is 5.12. The summed E-state index contributed by atoms with van der Waals surface area (Å²) >= 11 is 0. The predicted octanol–water partition coefficient (Wildman–Crippen LogP) is 1.72. The van der Waals surface area contributed by atoms with Crippen LogP contribution < -0.4 is 5.73 Å². The summed E-state index contributed by atoms with van der Waals surface area (Å²) in [5, 5.41) is 0. The molecule has 4 rings (SSSR count). The van der Waals surface area contributed by atoms with Gasteiger partial charge in [0, 0.05) is 6.04 Å². The van der Waals surface area contributed by atoms with Crippen LogP contribution in [0.5, 0.6) is 0 Å². The second-order valence-electron chi connectivity index (χ2n) is 6.86. The van der Waals surface area contributed by atoms with Gasteiger partial charge in [0.2, 0.25) is 0 Å². The average molecular weight is 257 g/mol. The van der Waals surface area contributed by atoms with Crippen molar-refractivity contribution in [2.75, 3.05) is 5.75 Å². The molecule has 4 saturated carbocycles. The van der Waals surface area contributed by atoms with Crippen LogP contribution in [-0.4, -0.2) is 25.0 Å². The molecular formula is C13H23NO2S. The van der Waals surface area contributed by atoms with Crippen molar-refractivity contribution in [1.82, 2.24) is 0 Å². The highest BCUT2D eigenvalue weighted by molar-refractivity contribution is 7.92. The van der Waals surface area contributed by atoms with Crippen LogP contribution in [0.2, 0.25) is 0 Å². The molecule has 1 unspecified atom stereocenters. The second-order valence-corrected chi connectivity index (χ2v) is 9.29. The van der Waals surface area contributed by atoms with Gasteiger partial charge in [0.05, 0.1) is 10.5 Å². The van der Waals surface area contributed by atoms with Crippen molar-refractivity contribution in [3.05, 3.63) is 0 Å². The Hall–Kier alpha value is -0.0900. The number of rotatable bonds is 3. The van der Waals surface area contributed by atoms with Crippen LogP contribution in [-0.2, 0) is 9.84 Å². The lowest BCUT2D eigenvalue weighted by atomic mass is 9.56. The maximum atomic E-state index is 12.6. The highest BCUT2D eigenvalue weighted by Crippen LogP contribution is 2.58. The molecule has 17 heavy (non-hydrogen) atoms. The van der Waals surface area contributed by atoms with E-state index in [9.17, 15) is 8.42 Å². The van der Waals surface area contributed by atoms with Crippen molar-refractivity contribution < 1.29 is 8.42 Å². The maximum Gasteiger partial charge on any atom is 0.157 e. The SMILES string of the molecule is CC(N)CS(=O)(=O)C12CC3CC(CC(C3)C1)C2. The second kappa shape index (κ2) is 3.70. The minimum absolute atomic E-state index is 0.180. The minimum atomic E-state index is -3.00. The van der Waals surface area contributed by atoms with E-state index in [1.165, 1.54) is 19.3 Å². The van der Waals surface area contributed by atoms with Crippen LogP contribution in [0, 0.1) is 17.8 Å². The molecule has 98 valence electrons. The van der Waals surface area contributed by atoms with Crippen LogP contribution in [0.3, 0.4) is 0 Å². The molecule has 4 heteroatoms. The van der Waals surface area contributed by atoms with Crippen LogP contribution in [0.1, 0.15) is 45.4 Å². The Bertz CT molecular complexity index is 378. The summed E-state index contributed by atoms with van der Waals surface area (Å²) in [5.41, 5.74) is 5.72. The zero-order valence-electron chi connectivity index (χ0n) is 10.6. The molecule has 4 fully saturated rings. The lowest BCUT2D eigenvalue weighted by molar-refractivity contribution is 0.0338. The first-order valence-electron chi connectivity index (χ1n) is 6.88. The fraction of sp³-hybridized carbons (Fsp3) is 1.00. The number of hydrogen-bond acceptors (Lipinski definition) is 3. The minimum Gasteiger partial charge on any atom is -0.327 e. The van der Waals surface area contributed by atoms with Crippen molar-refractivity contribution in [3.63, 3.8) is 0 Å². The Labute approximate surface area is 104 Å². The molecule has 4 aliphatic carbocycles. The third kappa shape index (κ3) is 1.84. The van der Waals surface area contributed by atoms with E-state index in [0.717, 1.165) is 19.3 Å². The van der Waals surface area contributed by atoms with Crippen LogP contribution in [0.15, 0.2) is 0 Å². The maximum absolute atomic E-state index is 12.6. The number of hydrogen-bond donors (Lipinski definition) is 1. The fourth-order valence-corrected chi connectivity index (χ4v) is 7.45. The quantitative estimate of drug-likeness (QED) is 0.837. The number of nitrogens with two attached hydrogens (primary N) is 1. The molecule has 4 aliphatic rings. The highest BCUT2D eigenvalue weighted by atomic mass is 32.2. The molecule has 0 aromatic heterocycles. The monoisotopic (exact) mass is 257 g/mol. The largest absolute Gasteiger partial charge is 0.327 e. The molecule has 0 aromatic carbocycles. The molecule has 3 nitrogen and oxygen atoms in total. The van der Waals surface area contributed by atoms with E-state index in [0.29, 0.717) is 17.8 Å². The van der Waals surface area contributed by atoms with Crippen LogP contribution >= 0.6 is 0 Å². The third-order valence-corrected chi connectivity index (χ3v) is 7.91. The van der Waals surface area contributed by atoms with Crippen molar-refractivity contribution in [1.29, 1.82) is 0 Å². The topological polar surface area (TPSA) is 60.2 Å². The Morgan fingerprint density at radius 3 is 1.88 bits per heavy atom. The zero-order valence-corrected chi connectivity index (χ0v) is 11.4. The van der Waals surface area contributed by atoms with Crippen molar-refractivity contribution >= 4 is 9.84 Å². The van der Waals surface area contributed by atoms with E-state index in [1.807, 2.05) is 0 Å². The van der Waals surface area contributed by atoms with E-state index < -0.39 is 9.84 Å². The average Bonchev–Trinajstić information content (AvgIpc) is 2.12. The zero-order chi connectivity index (χ0) is 12.3. The Morgan fingerprint density at radius 2 is 1.53 bits per heavy atom. The van der Waals surface area contributed by atoms with E-state index in [1.54, 1.807) is 6.92 Å². The fourth-order valence-electron chi connectivity index (χ4n) is 4.93. The lowest BCUT2D eigenvalue weighted by Gasteiger charge is -2.56. The molecule has 0 aromatic rings. The van der Waals surface area contributed by atoms with E-state index in [2.05, 4.69) is 0 Å². The smallest absolute Gasteiger partial charge is 0.157 e. The van der Waals surface area contributed by atoms with Crippen LogP contribution in [0.25, 0.3) is 0 Å². The molecular weight excluding hydrogens is 234 g/mol. The first-order chi connectivity index (χ1) is 7.90. The predicted molar refractivity (Wildman–Crippen MR) is 68.3 cm³/mol. The summed E-state index contributed by atoms with van der Waals surface area (Å²) < 4.78 is 24.8. The van der Waals surface area contributed by atoms with Gasteiger partial charge in [0.15, 0.2) is 9.84 Å². The lowest BCUT2D eigenvalue weighted by Crippen LogP contribution is -2.56. The summed E-state index contributed by atoms with van der Waals surface area (Å²) in [6.07, 6.45) is 6.63. The Morgan fingerprint density at radius 1 is 1.12 bits per heavy atom. The standard InChI is InChI=1S/C13H23NO2S/c1-9(14)8-17(15,16)13-5-10-2-11(6-13)4-12(3-10)7-13/h9-12H,2-8,14H2,1H3. The molecule has 0 spiro atoms. The van der Waals surface area contributed by atoms with Gasteiger partial charge in [-0.1, -0.05) is 0 Å². The summed E-state index contributed by atoms with van der Waals surface area (Å²) in [6, 6.07) is -0.229. The first kappa shape index (κ1) is 12.0. The van der Waals surface area contributed by atoms with Gasteiger partial charge < -0.3 is 5.73 Å². The molecule has 0 radical (unpaired) electrons. The van der Waals surface area contributed by atoms with E-state index in [-0.39, 0.29) is 16.5 Å². The summed E-state index contributed by atoms with van der Waals surface area (Å²) in [6.45, 7) is 1.80. The van der Waals surface area contributed by atoms with Gasteiger partial charge in [-0.2, -0.15) is 0 Å². The molecule has 4 bridgehead atoms. The van der Waals surface area contributed by atoms with Gasteiger partial charge in [0.1, 0.15) is 0 Å².